The molecule has 0 saturated carbocycles. The van der Waals surface area contributed by atoms with Gasteiger partial charge in [-0.2, -0.15) is 11.8 Å². The van der Waals surface area contributed by atoms with Crippen molar-refractivity contribution >= 4 is 17.7 Å². The molecule has 28 heavy (non-hydrogen) atoms. The molecule has 2 rings (SSSR count). The Morgan fingerprint density at radius 2 is 1.86 bits per heavy atom. The van der Waals surface area contributed by atoms with Crippen molar-refractivity contribution in [3.05, 3.63) is 0 Å². The van der Waals surface area contributed by atoms with Crippen LogP contribution in [0.2, 0.25) is 0 Å². The fourth-order valence-electron chi connectivity index (χ4n) is 4.37. The molecule has 2 heterocycles. The lowest BCUT2D eigenvalue weighted by molar-refractivity contribution is -0.152. The Morgan fingerprint density at radius 1 is 1.11 bits per heavy atom. The first kappa shape index (κ1) is 24.0. The molecule has 0 radical (unpaired) electrons. The molecular weight excluding hydrogens is 372 g/mol. The van der Waals surface area contributed by atoms with Crippen LogP contribution in [0.15, 0.2) is 0 Å². The van der Waals surface area contributed by atoms with Gasteiger partial charge in [0.25, 0.3) is 0 Å². The zero-order chi connectivity index (χ0) is 20.4. The zero-order valence-corrected chi connectivity index (χ0v) is 19.3. The Balaban J connectivity index is 1.64. The summed E-state index contributed by atoms with van der Waals surface area (Å²) < 4.78 is 17.2. The third-order valence-electron chi connectivity index (χ3n) is 6.01. The van der Waals surface area contributed by atoms with Crippen LogP contribution in [-0.4, -0.2) is 49.0 Å². The van der Waals surface area contributed by atoms with Gasteiger partial charge in [0.1, 0.15) is 6.61 Å². The lowest BCUT2D eigenvalue weighted by Crippen LogP contribution is -2.30. The van der Waals surface area contributed by atoms with E-state index in [-0.39, 0.29) is 18.7 Å². The number of fused-ring (bicyclic) bond motifs is 2. The largest absolute Gasteiger partial charge is 0.464 e. The predicted octanol–water partition coefficient (Wildman–Crippen LogP) is 5.48. The Morgan fingerprint density at radius 3 is 2.57 bits per heavy atom. The van der Waals surface area contributed by atoms with Gasteiger partial charge in [0.2, 0.25) is 0 Å². The van der Waals surface area contributed by atoms with Crippen molar-refractivity contribution in [2.45, 2.75) is 97.4 Å². The van der Waals surface area contributed by atoms with Crippen molar-refractivity contribution in [2.75, 3.05) is 24.7 Å². The van der Waals surface area contributed by atoms with E-state index in [1.807, 2.05) is 13.8 Å². The summed E-state index contributed by atoms with van der Waals surface area (Å²) in [5.74, 6) is 4.02. The number of hydrogen-bond acceptors (Lipinski definition) is 5. The molecule has 2 saturated heterocycles. The number of unbranched alkanes of at least 4 members (excludes halogenated alkanes) is 3. The summed E-state index contributed by atoms with van der Waals surface area (Å²) >= 11 is 2.13. The van der Waals surface area contributed by atoms with E-state index in [1.54, 1.807) is 0 Å². The Labute approximate surface area is 176 Å². The second kappa shape index (κ2) is 13.1. The maximum absolute atomic E-state index is 11.7. The van der Waals surface area contributed by atoms with E-state index in [0.29, 0.717) is 36.6 Å². The van der Waals surface area contributed by atoms with Gasteiger partial charge in [-0.25, -0.2) is 4.79 Å². The predicted molar refractivity (Wildman–Crippen MR) is 117 cm³/mol. The molecule has 0 amide bonds. The van der Waals surface area contributed by atoms with Gasteiger partial charge < -0.3 is 14.2 Å². The van der Waals surface area contributed by atoms with Crippen LogP contribution in [0.25, 0.3) is 0 Å². The number of rotatable bonds is 15. The van der Waals surface area contributed by atoms with E-state index in [9.17, 15) is 4.79 Å². The molecule has 5 unspecified atom stereocenters. The topological polar surface area (TPSA) is 44.8 Å². The maximum Gasteiger partial charge on any atom is 0.332 e. The first-order valence-corrected chi connectivity index (χ1v) is 12.7. The summed E-state index contributed by atoms with van der Waals surface area (Å²) in [5, 5.41) is 0. The number of hydrogen-bond donors (Lipinski definition) is 0. The second-order valence-electron chi connectivity index (χ2n) is 9.03. The minimum absolute atomic E-state index is 0.0676. The molecule has 5 heteroatoms. The monoisotopic (exact) mass is 414 g/mol. The van der Waals surface area contributed by atoms with E-state index >= 15 is 0 Å². The highest BCUT2D eigenvalue weighted by molar-refractivity contribution is 7.99. The summed E-state index contributed by atoms with van der Waals surface area (Å²) in [6.45, 7) is 8.95. The molecule has 2 fully saturated rings. The highest BCUT2D eigenvalue weighted by Gasteiger charge is 2.48. The van der Waals surface area contributed by atoms with Crippen LogP contribution in [0.4, 0.5) is 0 Å². The smallest absolute Gasteiger partial charge is 0.332 e. The second-order valence-corrected chi connectivity index (χ2v) is 10.2. The van der Waals surface area contributed by atoms with Gasteiger partial charge in [-0.1, -0.05) is 40.0 Å². The lowest BCUT2D eigenvalue weighted by atomic mass is 9.77. The lowest BCUT2D eigenvalue weighted by Gasteiger charge is -2.28. The van der Waals surface area contributed by atoms with Gasteiger partial charge >= 0.3 is 5.97 Å². The third kappa shape index (κ3) is 8.23. The molecule has 0 spiro atoms. The van der Waals surface area contributed by atoms with Crippen molar-refractivity contribution in [3.63, 3.8) is 0 Å². The molecule has 2 aliphatic rings. The number of carbonyl (C=O) groups excluding carboxylic acids is 1. The van der Waals surface area contributed by atoms with E-state index in [0.717, 1.165) is 12.8 Å². The van der Waals surface area contributed by atoms with Crippen molar-refractivity contribution in [1.82, 2.24) is 0 Å². The molecule has 0 N–H and O–H groups in total. The van der Waals surface area contributed by atoms with Crippen LogP contribution in [0.1, 0.15) is 79.1 Å². The summed E-state index contributed by atoms with van der Waals surface area (Å²) in [6.07, 6.45) is 11.0. The molecule has 164 valence electrons. The van der Waals surface area contributed by atoms with E-state index in [2.05, 4.69) is 25.6 Å². The normalized spacial score (nSPS) is 27.5. The van der Waals surface area contributed by atoms with E-state index in [1.165, 1.54) is 50.0 Å². The molecule has 0 aromatic carbocycles. The van der Waals surface area contributed by atoms with Crippen LogP contribution in [0.3, 0.4) is 0 Å². The third-order valence-corrected chi connectivity index (χ3v) is 7.21. The Bertz CT molecular complexity index is 442. The number of carbonyl (C=O) groups is 1. The summed E-state index contributed by atoms with van der Waals surface area (Å²) in [7, 11) is 0. The molecule has 5 atom stereocenters. The van der Waals surface area contributed by atoms with Crippen molar-refractivity contribution in [1.29, 1.82) is 0 Å². The average Bonchev–Trinajstić information content (AvgIpc) is 3.27. The van der Waals surface area contributed by atoms with Crippen molar-refractivity contribution in [3.8, 4) is 0 Å². The van der Waals surface area contributed by atoms with Crippen molar-refractivity contribution in [2.24, 2.45) is 17.8 Å². The number of thioether (sulfide) groups is 1. The molecule has 2 aliphatic heterocycles. The van der Waals surface area contributed by atoms with Crippen LogP contribution >= 0.6 is 11.8 Å². The SMILES string of the molecule is CCCCCCSCC1C2CCC(O2)C1CCC(C)OCC(=O)OCC(C)C. The first-order chi connectivity index (χ1) is 13.5. The fourth-order valence-corrected chi connectivity index (χ4v) is 5.68. The highest BCUT2D eigenvalue weighted by atomic mass is 32.2. The summed E-state index contributed by atoms with van der Waals surface area (Å²) in [5.41, 5.74) is 0. The first-order valence-electron chi connectivity index (χ1n) is 11.5. The molecule has 2 bridgehead atoms. The average molecular weight is 415 g/mol. The fraction of sp³-hybridized carbons (Fsp3) is 0.957. The van der Waals surface area contributed by atoms with Gasteiger partial charge in [0.15, 0.2) is 0 Å². The summed E-state index contributed by atoms with van der Waals surface area (Å²) in [4.78, 5) is 11.7. The van der Waals surface area contributed by atoms with E-state index < -0.39 is 0 Å². The maximum atomic E-state index is 11.7. The zero-order valence-electron chi connectivity index (χ0n) is 18.5. The van der Waals surface area contributed by atoms with Crippen molar-refractivity contribution < 1.29 is 19.0 Å². The van der Waals surface area contributed by atoms with Gasteiger partial charge in [-0.15, -0.1) is 0 Å². The standard InChI is InChI=1S/C23H42O4S/c1-5-6-7-8-13-28-16-20-19(21-11-12-22(20)27-21)10-9-18(4)25-15-23(24)26-14-17(2)3/h17-22H,5-16H2,1-4H3. The minimum atomic E-state index is -0.249. The molecule has 0 aliphatic carbocycles. The Kier molecular flexibility index (Phi) is 11.3. The van der Waals surface area contributed by atoms with E-state index in [4.69, 9.17) is 14.2 Å². The van der Waals surface area contributed by atoms with Gasteiger partial charge in [0, 0.05) is 0 Å². The molecular formula is C23H42O4S. The number of esters is 1. The van der Waals surface area contributed by atoms with Crippen LogP contribution in [0, 0.1) is 17.8 Å². The number of ether oxygens (including phenoxy) is 3. The van der Waals surface area contributed by atoms with Crippen LogP contribution in [-0.2, 0) is 19.0 Å². The highest BCUT2D eigenvalue weighted by Crippen LogP contribution is 2.46. The summed E-state index contributed by atoms with van der Waals surface area (Å²) in [6, 6.07) is 0. The Hall–Kier alpha value is -0.260. The van der Waals surface area contributed by atoms with Gasteiger partial charge in [-0.3, -0.25) is 0 Å². The molecule has 4 nitrogen and oxygen atoms in total. The van der Waals surface area contributed by atoms with Gasteiger partial charge in [0.05, 0.1) is 24.9 Å². The molecule has 0 aromatic rings. The molecule has 0 aromatic heterocycles. The van der Waals surface area contributed by atoms with Gasteiger partial charge in [-0.05, 0) is 68.3 Å². The van der Waals surface area contributed by atoms with Crippen LogP contribution in [0.5, 0.6) is 0 Å². The minimum Gasteiger partial charge on any atom is -0.464 e. The quantitative estimate of drug-likeness (QED) is 0.262. The van der Waals surface area contributed by atoms with Crippen LogP contribution < -0.4 is 0 Å².